The molecule has 0 aromatic carbocycles. The number of aromatic nitrogens is 1. The number of hydrogen-bond acceptors (Lipinski definition) is 1. The Morgan fingerprint density at radius 3 is 2.35 bits per heavy atom. The normalized spacial score (nSPS) is 22.9. The fourth-order valence-electron chi connectivity index (χ4n) is 3.27. The number of nitrogens with zero attached hydrogens (tertiary/aromatic N) is 1. The van der Waals surface area contributed by atoms with Crippen LogP contribution < -0.4 is 0 Å². The minimum absolute atomic E-state index is 0.751. The highest BCUT2D eigenvalue weighted by atomic mass is 19.2. The molecule has 3 heteroatoms. The average molecular weight is 281 g/mol. The number of halogens is 2. The average Bonchev–Trinajstić information content (AvgIpc) is 2.47. The number of aryl methyl sites for hydroxylation is 1. The van der Waals surface area contributed by atoms with Gasteiger partial charge in [-0.1, -0.05) is 51.9 Å². The summed E-state index contributed by atoms with van der Waals surface area (Å²) in [6, 6.07) is 1.29. The first-order valence-electron chi connectivity index (χ1n) is 7.99. The quantitative estimate of drug-likeness (QED) is 0.646. The van der Waals surface area contributed by atoms with E-state index in [1.807, 2.05) is 0 Å². The molecular weight excluding hydrogens is 256 g/mol. The lowest BCUT2D eigenvalue weighted by Crippen LogP contribution is -2.15. The zero-order valence-corrected chi connectivity index (χ0v) is 12.4. The molecule has 20 heavy (non-hydrogen) atoms. The van der Waals surface area contributed by atoms with Gasteiger partial charge in [0.05, 0.1) is 0 Å². The van der Waals surface area contributed by atoms with E-state index in [4.69, 9.17) is 0 Å². The maximum absolute atomic E-state index is 13.1. The first kappa shape index (κ1) is 15.4. The minimum atomic E-state index is -0.995. The first-order chi connectivity index (χ1) is 9.69. The highest BCUT2D eigenvalue weighted by Crippen LogP contribution is 2.34. The van der Waals surface area contributed by atoms with Gasteiger partial charge in [0.25, 0.3) is 0 Å². The van der Waals surface area contributed by atoms with E-state index in [1.165, 1.54) is 57.2 Å². The lowest BCUT2D eigenvalue weighted by atomic mass is 9.78. The van der Waals surface area contributed by atoms with E-state index in [0.717, 1.165) is 30.2 Å². The molecule has 1 fully saturated rings. The summed E-state index contributed by atoms with van der Waals surface area (Å²) in [6.45, 7) is 2.25. The van der Waals surface area contributed by atoms with Crippen LogP contribution in [0.2, 0.25) is 0 Å². The van der Waals surface area contributed by atoms with Crippen LogP contribution in [0, 0.1) is 23.6 Å². The molecule has 1 nitrogen and oxygen atoms in total. The van der Waals surface area contributed by atoms with Crippen molar-refractivity contribution >= 4 is 0 Å². The lowest BCUT2D eigenvalue weighted by molar-refractivity contribution is 0.250. The number of hydrogen-bond donors (Lipinski definition) is 0. The van der Waals surface area contributed by atoms with Crippen molar-refractivity contribution in [3.8, 4) is 0 Å². The summed E-state index contributed by atoms with van der Waals surface area (Å²) < 4.78 is 25.8. The molecule has 0 saturated heterocycles. The molecule has 0 unspecified atom stereocenters. The molecule has 1 saturated carbocycles. The van der Waals surface area contributed by atoms with Crippen molar-refractivity contribution in [2.75, 3.05) is 0 Å². The molecule has 1 aliphatic rings. The maximum Gasteiger partial charge on any atom is 0.248 e. The van der Waals surface area contributed by atoms with E-state index in [1.54, 1.807) is 0 Å². The molecule has 0 radical (unpaired) electrons. The summed E-state index contributed by atoms with van der Waals surface area (Å²) in [7, 11) is 0. The maximum atomic E-state index is 13.1. The second kappa shape index (κ2) is 7.70. The van der Waals surface area contributed by atoms with Gasteiger partial charge in [0.15, 0.2) is 5.82 Å². The molecule has 1 aliphatic carbocycles. The Bertz CT molecular complexity index is 411. The van der Waals surface area contributed by atoms with Gasteiger partial charge in [0, 0.05) is 6.20 Å². The Labute approximate surface area is 120 Å². The smallest absolute Gasteiger partial charge is 0.225 e. The largest absolute Gasteiger partial charge is 0.248 e. The number of unbranched alkanes of at least 4 members (excludes halogenated alkanes) is 1. The third-order valence-electron chi connectivity index (χ3n) is 4.63. The van der Waals surface area contributed by atoms with Gasteiger partial charge in [-0.3, -0.25) is 0 Å². The van der Waals surface area contributed by atoms with Gasteiger partial charge in [-0.05, 0) is 36.3 Å². The highest BCUT2D eigenvalue weighted by molar-refractivity contribution is 5.11. The molecule has 1 aromatic heterocycles. The van der Waals surface area contributed by atoms with Crippen molar-refractivity contribution in [2.24, 2.45) is 11.8 Å². The van der Waals surface area contributed by atoms with Crippen LogP contribution in [0.1, 0.15) is 63.9 Å². The highest BCUT2D eigenvalue weighted by Gasteiger charge is 2.20. The van der Waals surface area contributed by atoms with E-state index < -0.39 is 11.8 Å². The Kier molecular flexibility index (Phi) is 5.93. The predicted octanol–water partition coefficient (Wildman–Crippen LogP) is 5.29. The van der Waals surface area contributed by atoms with E-state index in [0.29, 0.717) is 0 Å². The fraction of sp³-hybridized carbons (Fsp3) is 0.706. The second-order valence-corrected chi connectivity index (χ2v) is 6.18. The van der Waals surface area contributed by atoms with Gasteiger partial charge in [0.2, 0.25) is 5.95 Å². The van der Waals surface area contributed by atoms with Gasteiger partial charge in [-0.15, -0.1) is 0 Å². The Morgan fingerprint density at radius 2 is 1.75 bits per heavy atom. The summed E-state index contributed by atoms with van der Waals surface area (Å²) in [5, 5.41) is 0. The summed E-state index contributed by atoms with van der Waals surface area (Å²) in [4.78, 5) is 3.45. The van der Waals surface area contributed by atoms with Crippen LogP contribution in [0.15, 0.2) is 12.3 Å². The van der Waals surface area contributed by atoms with Crippen LogP contribution in [0.25, 0.3) is 0 Å². The zero-order chi connectivity index (χ0) is 14.4. The monoisotopic (exact) mass is 281 g/mol. The first-order valence-corrected chi connectivity index (χ1v) is 7.99. The van der Waals surface area contributed by atoms with Gasteiger partial charge >= 0.3 is 0 Å². The molecule has 1 heterocycles. The molecule has 1 aromatic rings. The van der Waals surface area contributed by atoms with Gasteiger partial charge in [-0.25, -0.2) is 9.37 Å². The summed E-state index contributed by atoms with van der Waals surface area (Å²) in [5.74, 6) is -0.145. The molecule has 2 rings (SSSR count). The van der Waals surface area contributed by atoms with E-state index in [9.17, 15) is 8.78 Å². The standard InChI is InChI=1S/C17H25F2N/c1-2-3-4-13-5-7-14(8-6-13)9-10-15-11-16(18)17(19)20-12-15/h11-14H,2-10H2,1H3/t13-,14-. The number of rotatable bonds is 6. The van der Waals surface area contributed by atoms with Crippen molar-refractivity contribution < 1.29 is 8.78 Å². The topological polar surface area (TPSA) is 12.9 Å². The van der Waals surface area contributed by atoms with Gasteiger partial charge in [0.1, 0.15) is 0 Å². The van der Waals surface area contributed by atoms with Crippen molar-refractivity contribution in [3.05, 3.63) is 29.6 Å². The van der Waals surface area contributed by atoms with Crippen LogP contribution >= 0.6 is 0 Å². The van der Waals surface area contributed by atoms with Crippen molar-refractivity contribution in [1.82, 2.24) is 4.98 Å². The van der Waals surface area contributed by atoms with E-state index in [-0.39, 0.29) is 0 Å². The summed E-state index contributed by atoms with van der Waals surface area (Å²) >= 11 is 0. The van der Waals surface area contributed by atoms with Crippen LogP contribution in [-0.2, 0) is 6.42 Å². The third kappa shape index (κ3) is 4.53. The number of pyridine rings is 1. The lowest BCUT2D eigenvalue weighted by Gasteiger charge is -2.28. The molecule has 0 amide bonds. The Balaban J connectivity index is 1.71. The molecule has 112 valence electrons. The van der Waals surface area contributed by atoms with Crippen LogP contribution in [0.5, 0.6) is 0 Å². The van der Waals surface area contributed by atoms with E-state index >= 15 is 0 Å². The SMILES string of the molecule is CCCC[C@H]1CC[C@H](CCc2cnc(F)c(F)c2)CC1. The predicted molar refractivity (Wildman–Crippen MR) is 77.4 cm³/mol. The summed E-state index contributed by atoms with van der Waals surface area (Å²) in [5.41, 5.74) is 0.817. The third-order valence-corrected chi connectivity index (χ3v) is 4.63. The molecular formula is C17H25F2N. The van der Waals surface area contributed by atoms with Crippen LogP contribution in [0.4, 0.5) is 8.78 Å². The van der Waals surface area contributed by atoms with Gasteiger partial charge in [-0.2, -0.15) is 4.39 Å². The molecule has 0 N–H and O–H groups in total. The molecule has 0 spiro atoms. The van der Waals surface area contributed by atoms with E-state index in [2.05, 4.69) is 11.9 Å². The van der Waals surface area contributed by atoms with Crippen molar-refractivity contribution in [1.29, 1.82) is 0 Å². The van der Waals surface area contributed by atoms with Crippen molar-refractivity contribution in [2.45, 2.75) is 64.7 Å². The fourth-order valence-corrected chi connectivity index (χ4v) is 3.27. The molecule has 0 aliphatic heterocycles. The Hall–Kier alpha value is -0.990. The minimum Gasteiger partial charge on any atom is -0.225 e. The second-order valence-electron chi connectivity index (χ2n) is 6.18. The van der Waals surface area contributed by atoms with Crippen LogP contribution in [-0.4, -0.2) is 4.98 Å². The van der Waals surface area contributed by atoms with Gasteiger partial charge < -0.3 is 0 Å². The van der Waals surface area contributed by atoms with Crippen molar-refractivity contribution in [3.63, 3.8) is 0 Å². The zero-order valence-electron chi connectivity index (χ0n) is 12.4. The molecule has 0 atom stereocenters. The Morgan fingerprint density at radius 1 is 1.10 bits per heavy atom. The molecule has 0 bridgehead atoms. The summed E-state index contributed by atoms with van der Waals surface area (Å²) in [6.07, 6.45) is 12.7. The van der Waals surface area contributed by atoms with Crippen LogP contribution in [0.3, 0.4) is 0 Å².